The Morgan fingerprint density at radius 2 is 2.00 bits per heavy atom. The Hall–Kier alpha value is -1.83. The molecule has 0 bridgehead atoms. The number of thiophene rings is 1. The Labute approximate surface area is 155 Å². The van der Waals surface area contributed by atoms with Crippen LogP contribution < -0.4 is 5.32 Å². The molecule has 8 heteroatoms. The second kappa shape index (κ2) is 7.19. The molecule has 25 heavy (non-hydrogen) atoms. The summed E-state index contributed by atoms with van der Waals surface area (Å²) in [6, 6.07) is 9.74. The van der Waals surface area contributed by atoms with Gasteiger partial charge in [0.1, 0.15) is 0 Å². The van der Waals surface area contributed by atoms with Crippen LogP contribution >= 0.6 is 22.9 Å². The van der Waals surface area contributed by atoms with Crippen molar-refractivity contribution >= 4 is 38.7 Å². The number of rotatable bonds is 6. The van der Waals surface area contributed by atoms with Crippen LogP contribution in [0.25, 0.3) is 10.8 Å². The summed E-state index contributed by atoms with van der Waals surface area (Å²) in [5.41, 5.74) is 0. The van der Waals surface area contributed by atoms with Gasteiger partial charge < -0.3 is 9.73 Å². The van der Waals surface area contributed by atoms with Crippen molar-refractivity contribution in [3.05, 3.63) is 46.8 Å². The molecule has 1 N–H and O–H groups in total. The zero-order chi connectivity index (χ0) is 18.0. The van der Waals surface area contributed by atoms with Crippen molar-refractivity contribution < 1.29 is 12.8 Å². The molecule has 5 nitrogen and oxygen atoms in total. The predicted molar refractivity (Wildman–Crippen MR) is 100 cm³/mol. The zero-order valence-electron chi connectivity index (χ0n) is 13.7. The number of anilines is 1. The summed E-state index contributed by atoms with van der Waals surface area (Å²) in [5, 5.41) is 5.34. The van der Waals surface area contributed by atoms with Gasteiger partial charge in [0.2, 0.25) is 26.6 Å². The molecule has 0 aliphatic carbocycles. The van der Waals surface area contributed by atoms with E-state index >= 15 is 0 Å². The summed E-state index contributed by atoms with van der Waals surface area (Å²) >= 11 is 7.29. The van der Waals surface area contributed by atoms with Gasteiger partial charge in [0.15, 0.2) is 0 Å². The second-order valence-corrected chi connectivity index (χ2v) is 8.79. The lowest BCUT2D eigenvalue weighted by atomic mass is 10.3. The normalized spacial score (nSPS) is 12.9. The van der Waals surface area contributed by atoms with E-state index in [0.29, 0.717) is 5.02 Å². The smallest absolute Gasteiger partial charge is 0.240 e. The van der Waals surface area contributed by atoms with E-state index < -0.39 is 9.84 Å². The summed E-state index contributed by atoms with van der Waals surface area (Å²) in [7, 11) is -3.83. The van der Waals surface area contributed by atoms with Crippen LogP contribution in [0.4, 0.5) is 5.88 Å². The second-order valence-electron chi connectivity index (χ2n) is 5.54. The van der Waals surface area contributed by atoms with Crippen LogP contribution in [0.2, 0.25) is 5.02 Å². The maximum Gasteiger partial charge on any atom is 0.240 e. The van der Waals surface area contributed by atoms with Crippen molar-refractivity contribution in [2.75, 3.05) is 5.32 Å². The number of aromatic nitrogens is 1. The molecule has 0 saturated heterocycles. The highest BCUT2D eigenvalue weighted by Crippen LogP contribution is 2.34. The lowest BCUT2D eigenvalue weighted by molar-refractivity contribution is 0.567. The number of nitrogens with one attached hydrogen (secondary N) is 1. The average Bonchev–Trinajstić information content (AvgIpc) is 3.24. The zero-order valence-corrected chi connectivity index (χ0v) is 16.1. The average molecular weight is 397 g/mol. The summed E-state index contributed by atoms with van der Waals surface area (Å²) in [4.78, 5) is 5.16. The summed E-state index contributed by atoms with van der Waals surface area (Å²) in [6.07, 6.45) is 0.815. The van der Waals surface area contributed by atoms with Crippen LogP contribution in [-0.4, -0.2) is 19.4 Å². The fourth-order valence-electron chi connectivity index (χ4n) is 2.14. The Morgan fingerprint density at radius 1 is 1.28 bits per heavy atom. The van der Waals surface area contributed by atoms with Crippen molar-refractivity contribution in [1.82, 2.24) is 4.98 Å². The van der Waals surface area contributed by atoms with Gasteiger partial charge in [-0.2, -0.15) is 4.98 Å². The van der Waals surface area contributed by atoms with Gasteiger partial charge in [0.05, 0.1) is 9.77 Å². The molecule has 0 amide bonds. The minimum atomic E-state index is -3.83. The SMILES string of the molecule is CC[C@H](C)Nc1oc(-c2cccs2)nc1S(=O)(=O)c1ccc(Cl)cc1. The topological polar surface area (TPSA) is 72.2 Å². The van der Waals surface area contributed by atoms with Crippen molar-refractivity contribution in [3.63, 3.8) is 0 Å². The van der Waals surface area contributed by atoms with E-state index in [1.54, 1.807) is 0 Å². The Bertz CT molecular complexity index is 948. The molecule has 2 aromatic heterocycles. The molecule has 0 radical (unpaired) electrons. The summed E-state index contributed by atoms with van der Waals surface area (Å²) < 4.78 is 31.8. The standard InChI is InChI=1S/C17H17ClN2O3S2/c1-3-11(2)19-16-17(20-15(23-16)14-5-4-10-24-14)25(21,22)13-8-6-12(18)7-9-13/h4-11,19H,3H2,1-2H3/t11-/m0/s1. The maximum atomic E-state index is 13.0. The molecule has 3 rings (SSSR count). The van der Waals surface area contributed by atoms with Crippen molar-refractivity contribution in [2.24, 2.45) is 0 Å². The Balaban J connectivity index is 2.10. The molecule has 1 atom stereocenters. The molecule has 0 aliphatic heterocycles. The minimum Gasteiger partial charge on any atom is -0.418 e. The molecule has 0 fully saturated rings. The van der Waals surface area contributed by atoms with E-state index in [0.717, 1.165) is 11.3 Å². The highest BCUT2D eigenvalue weighted by atomic mass is 35.5. The van der Waals surface area contributed by atoms with Crippen LogP contribution in [0.1, 0.15) is 20.3 Å². The first-order chi connectivity index (χ1) is 11.9. The number of sulfone groups is 1. The highest BCUT2D eigenvalue weighted by molar-refractivity contribution is 7.91. The van der Waals surface area contributed by atoms with Gasteiger partial charge in [0, 0.05) is 11.1 Å². The molecule has 0 aliphatic rings. The van der Waals surface area contributed by atoms with Gasteiger partial charge in [-0.05, 0) is 49.1 Å². The van der Waals surface area contributed by atoms with Crippen molar-refractivity contribution in [1.29, 1.82) is 0 Å². The quantitative estimate of drug-likeness (QED) is 0.627. The van der Waals surface area contributed by atoms with Gasteiger partial charge in [-0.3, -0.25) is 0 Å². The summed E-state index contributed by atoms with van der Waals surface area (Å²) in [5.74, 6) is 0.445. The van der Waals surface area contributed by atoms with E-state index in [2.05, 4.69) is 10.3 Å². The van der Waals surface area contributed by atoms with Crippen LogP contribution in [-0.2, 0) is 9.84 Å². The first kappa shape index (κ1) is 18.0. The molecule has 132 valence electrons. The summed E-state index contributed by atoms with van der Waals surface area (Å²) in [6.45, 7) is 3.95. The number of nitrogens with zero attached hydrogens (tertiary/aromatic N) is 1. The molecule has 2 heterocycles. The first-order valence-electron chi connectivity index (χ1n) is 7.73. The monoisotopic (exact) mass is 396 g/mol. The molecule has 1 aromatic carbocycles. The minimum absolute atomic E-state index is 0.0447. The molecule has 0 spiro atoms. The predicted octanol–water partition coefficient (Wildman–Crippen LogP) is 5.10. The molecular formula is C17H17ClN2O3S2. The van der Waals surface area contributed by atoms with Crippen molar-refractivity contribution in [2.45, 2.75) is 36.2 Å². The number of halogens is 1. The molecule has 0 unspecified atom stereocenters. The van der Waals surface area contributed by atoms with E-state index in [1.165, 1.54) is 35.6 Å². The third-order valence-electron chi connectivity index (χ3n) is 3.70. The van der Waals surface area contributed by atoms with E-state index in [-0.39, 0.29) is 27.7 Å². The first-order valence-corrected chi connectivity index (χ1v) is 10.5. The van der Waals surface area contributed by atoms with Crippen LogP contribution in [0.3, 0.4) is 0 Å². The van der Waals surface area contributed by atoms with E-state index in [1.807, 2.05) is 31.4 Å². The lowest BCUT2D eigenvalue weighted by Crippen LogP contribution is -2.15. The third-order valence-corrected chi connectivity index (χ3v) is 6.48. The largest absolute Gasteiger partial charge is 0.418 e. The highest BCUT2D eigenvalue weighted by Gasteiger charge is 2.29. The number of benzene rings is 1. The van der Waals surface area contributed by atoms with Crippen LogP contribution in [0.5, 0.6) is 0 Å². The lowest BCUT2D eigenvalue weighted by Gasteiger charge is -2.11. The van der Waals surface area contributed by atoms with Crippen LogP contribution in [0.15, 0.2) is 56.1 Å². The Kier molecular flexibility index (Phi) is 5.17. The van der Waals surface area contributed by atoms with Gasteiger partial charge in [0.25, 0.3) is 0 Å². The maximum absolute atomic E-state index is 13.0. The number of hydrogen-bond acceptors (Lipinski definition) is 6. The third kappa shape index (κ3) is 3.73. The van der Waals surface area contributed by atoms with E-state index in [4.69, 9.17) is 16.0 Å². The fraction of sp³-hybridized carbons (Fsp3) is 0.235. The van der Waals surface area contributed by atoms with E-state index in [9.17, 15) is 8.42 Å². The van der Waals surface area contributed by atoms with Crippen LogP contribution in [0, 0.1) is 0 Å². The van der Waals surface area contributed by atoms with Gasteiger partial charge in [-0.1, -0.05) is 24.6 Å². The number of oxazole rings is 1. The number of hydrogen-bond donors (Lipinski definition) is 1. The molecule has 0 saturated carbocycles. The molecule has 3 aromatic rings. The fourth-order valence-corrected chi connectivity index (χ4v) is 4.18. The van der Waals surface area contributed by atoms with Gasteiger partial charge in [-0.25, -0.2) is 8.42 Å². The Morgan fingerprint density at radius 3 is 2.60 bits per heavy atom. The van der Waals surface area contributed by atoms with Gasteiger partial charge >= 0.3 is 0 Å². The van der Waals surface area contributed by atoms with Gasteiger partial charge in [-0.15, -0.1) is 11.3 Å². The molecular weight excluding hydrogens is 380 g/mol. The van der Waals surface area contributed by atoms with Crippen molar-refractivity contribution in [3.8, 4) is 10.8 Å².